The molecule has 1 fully saturated rings. The van der Waals surface area contributed by atoms with Crippen LogP contribution < -0.4 is 5.32 Å². The smallest absolute Gasteiger partial charge is 0.237 e. The Labute approximate surface area is 173 Å². The van der Waals surface area contributed by atoms with Crippen molar-refractivity contribution in [2.45, 2.75) is 48.3 Å². The number of hydrogen-bond acceptors (Lipinski definition) is 5. The molecule has 0 saturated heterocycles. The van der Waals surface area contributed by atoms with E-state index in [9.17, 15) is 4.79 Å². The van der Waals surface area contributed by atoms with E-state index in [0.717, 1.165) is 46.8 Å². The van der Waals surface area contributed by atoms with Crippen LogP contribution in [0, 0.1) is 0 Å². The fourth-order valence-electron chi connectivity index (χ4n) is 3.57. The lowest BCUT2D eigenvalue weighted by Crippen LogP contribution is -2.43. The van der Waals surface area contributed by atoms with Crippen LogP contribution in [0.15, 0.2) is 65.1 Å². The number of thiazole rings is 1. The second-order valence-corrected chi connectivity index (χ2v) is 9.47. The van der Waals surface area contributed by atoms with Crippen LogP contribution in [0.1, 0.15) is 43.7 Å². The zero-order valence-corrected chi connectivity index (χ0v) is 17.4. The van der Waals surface area contributed by atoms with Crippen molar-refractivity contribution >= 4 is 29.0 Å². The van der Waals surface area contributed by atoms with Gasteiger partial charge in [-0.2, -0.15) is 0 Å². The van der Waals surface area contributed by atoms with Gasteiger partial charge in [0.25, 0.3) is 0 Å². The molecule has 1 saturated carbocycles. The van der Waals surface area contributed by atoms with Crippen molar-refractivity contribution in [1.29, 1.82) is 0 Å². The lowest BCUT2D eigenvalue weighted by Gasteiger charge is -2.28. The lowest BCUT2D eigenvalue weighted by molar-refractivity contribution is -0.124. The first kappa shape index (κ1) is 19.2. The van der Waals surface area contributed by atoms with Crippen molar-refractivity contribution in [3.8, 4) is 11.3 Å². The maximum atomic E-state index is 13.3. The zero-order chi connectivity index (χ0) is 19.4. The van der Waals surface area contributed by atoms with Gasteiger partial charge in [0.2, 0.25) is 5.91 Å². The van der Waals surface area contributed by atoms with E-state index in [0.29, 0.717) is 0 Å². The van der Waals surface area contributed by atoms with Crippen LogP contribution in [0.5, 0.6) is 0 Å². The topological polar surface area (TPSA) is 54.9 Å². The first-order valence-electron chi connectivity index (χ1n) is 9.57. The molecule has 4 nitrogen and oxygen atoms in total. The van der Waals surface area contributed by atoms with Crippen molar-refractivity contribution < 1.29 is 4.79 Å². The number of benzene rings is 1. The zero-order valence-electron chi connectivity index (χ0n) is 15.8. The summed E-state index contributed by atoms with van der Waals surface area (Å²) in [5.74, 6) is 0.131. The monoisotopic (exact) mass is 409 g/mol. The molecule has 6 heteroatoms. The molecular formula is C22H23N3OS2. The number of aromatic nitrogens is 2. The summed E-state index contributed by atoms with van der Waals surface area (Å²) < 4.78 is -0.374. The Hall–Kier alpha value is -2.18. The van der Waals surface area contributed by atoms with Crippen LogP contribution in [0.4, 0.5) is 0 Å². The number of carbonyl (C=O) groups is 1. The van der Waals surface area contributed by atoms with Gasteiger partial charge in [0, 0.05) is 28.2 Å². The van der Waals surface area contributed by atoms with Gasteiger partial charge >= 0.3 is 0 Å². The molecule has 0 bridgehead atoms. The molecule has 2 heterocycles. The number of hydrogen-bond donors (Lipinski definition) is 1. The molecule has 1 atom stereocenters. The van der Waals surface area contributed by atoms with Crippen LogP contribution in [0.25, 0.3) is 11.3 Å². The summed E-state index contributed by atoms with van der Waals surface area (Å²) in [6, 6.07) is 14.0. The molecule has 28 heavy (non-hydrogen) atoms. The summed E-state index contributed by atoms with van der Waals surface area (Å²) in [6.45, 7) is 2.02. The van der Waals surface area contributed by atoms with Crippen molar-refractivity contribution in [2.75, 3.05) is 0 Å². The highest BCUT2D eigenvalue weighted by atomic mass is 32.2. The van der Waals surface area contributed by atoms with E-state index in [-0.39, 0.29) is 16.7 Å². The average molecular weight is 410 g/mol. The Balaban J connectivity index is 1.48. The maximum Gasteiger partial charge on any atom is 0.237 e. The standard InChI is InChI=1S/C22H23N3OS2/c1-16(20-25-19(15-27-20)17-9-13-23-14-10-17)24-21(26)22(11-5-6-12-22)28-18-7-3-2-4-8-18/h2-4,7-10,13-16H,5-6,11-12H2,1H3,(H,24,26). The van der Waals surface area contributed by atoms with Gasteiger partial charge in [0.1, 0.15) is 5.01 Å². The van der Waals surface area contributed by atoms with Crippen LogP contribution in [0.3, 0.4) is 0 Å². The summed E-state index contributed by atoms with van der Waals surface area (Å²) in [4.78, 5) is 23.2. The van der Waals surface area contributed by atoms with Crippen molar-refractivity contribution in [3.63, 3.8) is 0 Å². The number of rotatable bonds is 6. The fraction of sp³-hybridized carbons (Fsp3) is 0.318. The van der Waals surface area contributed by atoms with Gasteiger partial charge in [-0.3, -0.25) is 9.78 Å². The van der Waals surface area contributed by atoms with Gasteiger partial charge in [-0.25, -0.2) is 4.98 Å². The van der Waals surface area contributed by atoms with Gasteiger partial charge in [0.05, 0.1) is 16.5 Å². The summed E-state index contributed by atoms with van der Waals surface area (Å²) in [7, 11) is 0. The molecule has 0 aliphatic heterocycles. The van der Waals surface area contributed by atoms with Crippen molar-refractivity contribution in [3.05, 3.63) is 65.2 Å². The number of carbonyl (C=O) groups excluding carboxylic acids is 1. The molecule has 1 unspecified atom stereocenters. The molecular weight excluding hydrogens is 386 g/mol. The van der Waals surface area contributed by atoms with Gasteiger partial charge in [-0.05, 0) is 44.0 Å². The normalized spacial score (nSPS) is 16.6. The summed E-state index contributed by atoms with van der Waals surface area (Å²) >= 11 is 3.30. The molecule has 0 spiro atoms. The summed E-state index contributed by atoms with van der Waals surface area (Å²) in [5, 5.41) is 6.21. The molecule has 1 amide bonds. The molecule has 144 valence electrons. The Morgan fingerprint density at radius 2 is 1.86 bits per heavy atom. The van der Waals surface area contributed by atoms with E-state index in [1.54, 1.807) is 35.5 Å². The Bertz CT molecular complexity index is 921. The van der Waals surface area contributed by atoms with Crippen LogP contribution in [-0.2, 0) is 4.79 Å². The van der Waals surface area contributed by atoms with E-state index in [1.165, 1.54) is 0 Å². The second kappa shape index (κ2) is 8.45. The largest absolute Gasteiger partial charge is 0.346 e. The van der Waals surface area contributed by atoms with E-state index in [1.807, 2.05) is 42.6 Å². The number of amides is 1. The van der Waals surface area contributed by atoms with Crippen LogP contribution >= 0.6 is 23.1 Å². The van der Waals surface area contributed by atoms with Crippen molar-refractivity contribution in [1.82, 2.24) is 15.3 Å². The predicted molar refractivity (Wildman–Crippen MR) is 115 cm³/mol. The SMILES string of the molecule is CC(NC(=O)C1(Sc2ccccc2)CCCC1)c1nc(-c2ccncc2)cs1. The molecule has 2 aromatic heterocycles. The quantitative estimate of drug-likeness (QED) is 0.585. The minimum absolute atomic E-state index is 0.109. The highest BCUT2D eigenvalue weighted by Crippen LogP contribution is 2.45. The molecule has 1 aliphatic rings. The second-order valence-electron chi connectivity index (χ2n) is 7.12. The van der Waals surface area contributed by atoms with Gasteiger partial charge in [-0.15, -0.1) is 23.1 Å². The Morgan fingerprint density at radius 3 is 2.57 bits per heavy atom. The van der Waals surface area contributed by atoms with Crippen molar-refractivity contribution in [2.24, 2.45) is 0 Å². The van der Waals surface area contributed by atoms with Gasteiger partial charge in [0.15, 0.2) is 0 Å². The fourth-order valence-corrected chi connectivity index (χ4v) is 5.79. The minimum Gasteiger partial charge on any atom is -0.346 e. The Morgan fingerprint density at radius 1 is 1.14 bits per heavy atom. The number of nitrogens with one attached hydrogen (secondary N) is 1. The third kappa shape index (κ3) is 4.13. The van der Waals surface area contributed by atoms with Crippen LogP contribution in [0.2, 0.25) is 0 Å². The molecule has 1 aromatic carbocycles. The maximum absolute atomic E-state index is 13.3. The third-order valence-electron chi connectivity index (χ3n) is 5.10. The molecule has 3 aromatic rings. The van der Waals surface area contributed by atoms with E-state index >= 15 is 0 Å². The number of thioether (sulfide) groups is 1. The minimum atomic E-state index is -0.374. The van der Waals surface area contributed by atoms with Gasteiger partial charge in [-0.1, -0.05) is 31.0 Å². The predicted octanol–water partition coefficient (Wildman–Crippen LogP) is 5.49. The lowest BCUT2D eigenvalue weighted by atomic mass is 10.1. The van der Waals surface area contributed by atoms with Crippen LogP contribution in [-0.4, -0.2) is 20.6 Å². The highest BCUT2D eigenvalue weighted by molar-refractivity contribution is 8.01. The summed E-state index contributed by atoms with van der Waals surface area (Å²) in [5.41, 5.74) is 1.97. The Kier molecular flexibility index (Phi) is 5.78. The molecule has 4 rings (SSSR count). The molecule has 1 aliphatic carbocycles. The van der Waals surface area contributed by atoms with E-state index in [2.05, 4.69) is 22.4 Å². The first-order chi connectivity index (χ1) is 13.7. The van der Waals surface area contributed by atoms with E-state index in [4.69, 9.17) is 4.98 Å². The highest BCUT2D eigenvalue weighted by Gasteiger charge is 2.42. The third-order valence-corrected chi connectivity index (χ3v) is 7.62. The first-order valence-corrected chi connectivity index (χ1v) is 11.3. The number of pyridine rings is 1. The molecule has 0 radical (unpaired) electrons. The van der Waals surface area contributed by atoms with Gasteiger partial charge < -0.3 is 5.32 Å². The number of nitrogens with zero attached hydrogens (tertiary/aromatic N) is 2. The summed E-state index contributed by atoms with van der Waals surface area (Å²) in [6.07, 6.45) is 7.58. The molecule has 1 N–H and O–H groups in total. The average Bonchev–Trinajstić information content (AvgIpc) is 3.40. The van der Waals surface area contributed by atoms with E-state index < -0.39 is 0 Å².